The first-order valence-electron chi connectivity index (χ1n) is 8.85. The Bertz CT molecular complexity index is 1190. The Kier molecular flexibility index (Phi) is 5.07. The molecule has 0 unspecified atom stereocenters. The van der Waals surface area contributed by atoms with Crippen LogP contribution in [0, 0.1) is 11.6 Å². The largest absolute Gasteiger partial charge is 0.289 e. The van der Waals surface area contributed by atoms with Gasteiger partial charge in [-0.2, -0.15) is 5.10 Å². The highest BCUT2D eigenvalue weighted by Gasteiger charge is 2.13. The molecule has 2 aromatic heterocycles. The van der Waals surface area contributed by atoms with Crippen LogP contribution in [0.25, 0.3) is 23.0 Å². The maximum atomic E-state index is 13.9. The van der Waals surface area contributed by atoms with Crippen LogP contribution in [0.15, 0.2) is 85.3 Å². The summed E-state index contributed by atoms with van der Waals surface area (Å²) >= 11 is 0. The minimum Gasteiger partial charge on any atom is -0.289 e. The lowest BCUT2D eigenvalue weighted by Crippen LogP contribution is -1.99. The van der Waals surface area contributed by atoms with Gasteiger partial charge in [-0.1, -0.05) is 18.2 Å². The van der Waals surface area contributed by atoms with Gasteiger partial charge in [0.05, 0.1) is 11.3 Å². The van der Waals surface area contributed by atoms with Crippen molar-refractivity contribution in [1.29, 1.82) is 0 Å². The predicted octanol–water partition coefficient (Wildman–Crippen LogP) is 5.11. The van der Waals surface area contributed by atoms with Crippen LogP contribution in [0.4, 0.5) is 8.78 Å². The van der Waals surface area contributed by atoms with E-state index >= 15 is 0 Å². The van der Waals surface area contributed by atoms with Crippen LogP contribution in [0.3, 0.4) is 0 Å². The molecule has 0 saturated carbocycles. The van der Waals surface area contributed by atoms with E-state index < -0.39 is 17.4 Å². The summed E-state index contributed by atoms with van der Waals surface area (Å²) in [7, 11) is 0. The topological polar surface area (TPSA) is 47.8 Å². The number of halogens is 2. The number of hydrogen-bond acceptors (Lipinski definition) is 3. The summed E-state index contributed by atoms with van der Waals surface area (Å²) in [5.41, 5.74) is 2.83. The molecule has 6 heteroatoms. The Balaban J connectivity index is 1.73. The van der Waals surface area contributed by atoms with E-state index in [0.717, 1.165) is 23.4 Å². The molecule has 142 valence electrons. The summed E-state index contributed by atoms with van der Waals surface area (Å²) < 4.78 is 28.7. The number of pyridine rings is 1. The normalized spacial score (nSPS) is 11.1. The second-order valence-electron chi connectivity index (χ2n) is 6.27. The molecule has 4 aromatic rings. The van der Waals surface area contributed by atoms with Crippen LogP contribution in [0.1, 0.15) is 15.9 Å². The third kappa shape index (κ3) is 4.01. The molecular formula is C23H15F2N3O. The number of carbonyl (C=O) groups excluding carboxylic acids is 1. The maximum absolute atomic E-state index is 13.9. The van der Waals surface area contributed by atoms with Crippen molar-refractivity contribution in [3.8, 4) is 16.9 Å². The second kappa shape index (κ2) is 7.98. The fourth-order valence-corrected chi connectivity index (χ4v) is 2.90. The molecule has 0 aliphatic carbocycles. The average molecular weight is 387 g/mol. The lowest BCUT2D eigenvalue weighted by Gasteiger charge is -2.00. The van der Waals surface area contributed by atoms with Gasteiger partial charge in [0, 0.05) is 35.8 Å². The molecule has 0 amide bonds. The number of rotatable bonds is 5. The first-order chi connectivity index (χ1) is 14.1. The molecule has 4 nitrogen and oxygen atoms in total. The van der Waals surface area contributed by atoms with Crippen molar-refractivity contribution in [2.24, 2.45) is 0 Å². The van der Waals surface area contributed by atoms with Crippen molar-refractivity contribution in [3.05, 3.63) is 108 Å². The molecule has 0 fully saturated rings. The highest BCUT2D eigenvalue weighted by atomic mass is 19.1. The molecule has 0 bridgehead atoms. The van der Waals surface area contributed by atoms with E-state index in [4.69, 9.17) is 0 Å². The Morgan fingerprint density at radius 2 is 1.72 bits per heavy atom. The van der Waals surface area contributed by atoms with Crippen molar-refractivity contribution >= 4 is 11.9 Å². The Hall–Kier alpha value is -3.93. The number of carbonyl (C=O) groups is 1. The fourth-order valence-electron chi connectivity index (χ4n) is 2.90. The van der Waals surface area contributed by atoms with E-state index in [0.29, 0.717) is 17.3 Å². The summed E-state index contributed by atoms with van der Waals surface area (Å²) in [6.45, 7) is 0. The number of nitrogens with zero attached hydrogens (tertiary/aromatic N) is 3. The van der Waals surface area contributed by atoms with Gasteiger partial charge in [-0.3, -0.25) is 9.78 Å². The average Bonchev–Trinajstić information content (AvgIpc) is 3.18. The molecule has 0 spiro atoms. The molecule has 0 aliphatic rings. The van der Waals surface area contributed by atoms with Crippen LogP contribution < -0.4 is 0 Å². The lowest BCUT2D eigenvalue weighted by molar-refractivity contribution is 0.104. The van der Waals surface area contributed by atoms with Crippen molar-refractivity contribution in [3.63, 3.8) is 0 Å². The van der Waals surface area contributed by atoms with E-state index in [1.807, 2.05) is 42.5 Å². The van der Waals surface area contributed by atoms with E-state index in [2.05, 4.69) is 10.1 Å². The SMILES string of the molecule is O=C(/C=C/c1cn(-c2ccccc2)nc1-c1ccncc1)c1ccc(F)cc1F. The molecule has 4 rings (SSSR count). The molecule has 2 heterocycles. The number of ketones is 1. The van der Waals surface area contributed by atoms with E-state index in [1.165, 1.54) is 6.08 Å². The number of para-hydroxylation sites is 1. The summed E-state index contributed by atoms with van der Waals surface area (Å²) in [6.07, 6.45) is 7.93. The molecule has 0 aliphatic heterocycles. The van der Waals surface area contributed by atoms with Gasteiger partial charge in [-0.15, -0.1) is 0 Å². The molecule has 0 saturated heterocycles. The van der Waals surface area contributed by atoms with Gasteiger partial charge in [-0.25, -0.2) is 13.5 Å². The summed E-state index contributed by atoms with van der Waals surface area (Å²) in [6, 6.07) is 16.1. The second-order valence-corrected chi connectivity index (χ2v) is 6.27. The monoisotopic (exact) mass is 387 g/mol. The quantitative estimate of drug-likeness (QED) is 0.353. The molecule has 29 heavy (non-hydrogen) atoms. The minimum absolute atomic E-state index is 0.191. The Morgan fingerprint density at radius 1 is 0.966 bits per heavy atom. The number of benzene rings is 2. The summed E-state index contributed by atoms with van der Waals surface area (Å²) in [5.74, 6) is -2.18. The zero-order valence-corrected chi connectivity index (χ0v) is 15.2. The van der Waals surface area contributed by atoms with Gasteiger partial charge >= 0.3 is 0 Å². The van der Waals surface area contributed by atoms with Gasteiger partial charge in [-0.05, 0) is 48.6 Å². The zero-order valence-electron chi connectivity index (χ0n) is 15.2. The van der Waals surface area contributed by atoms with Crippen LogP contribution in [-0.2, 0) is 0 Å². The van der Waals surface area contributed by atoms with E-state index in [9.17, 15) is 13.6 Å². The minimum atomic E-state index is -0.894. The maximum Gasteiger partial charge on any atom is 0.188 e. The smallest absolute Gasteiger partial charge is 0.188 e. The van der Waals surface area contributed by atoms with Gasteiger partial charge < -0.3 is 0 Å². The third-order valence-corrected chi connectivity index (χ3v) is 4.33. The van der Waals surface area contributed by atoms with Gasteiger partial charge in [0.15, 0.2) is 5.78 Å². The molecule has 2 aromatic carbocycles. The number of hydrogen-bond donors (Lipinski definition) is 0. The molecule has 0 atom stereocenters. The molecule has 0 radical (unpaired) electrons. The molecule has 0 N–H and O–H groups in total. The van der Waals surface area contributed by atoms with Crippen molar-refractivity contribution in [2.75, 3.05) is 0 Å². The van der Waals surface area contributed by atoms with Crippen LogP contribution in [0.2, 0.25) is 0 Å². The van der Waals surface area contributed by atoms with Crippen molar-refractivity contribution in [1.82, 2.24) is 14.8 Å². The zero-order chi connectivity index (χ0) is 20.2. The van der Waals surface area contributed by atoms with Crippen LogP contribution in [0.5, 0.6) is 0 Å². The predicted molar refractivity (Wildman–Crippen MR) is 107 cm³/mol. The number of aromatic nitrogens is 3. The van der Waals surface area contributed by atoms with Crippen molar-refractivity contribution in [2.45, 2.75) is 0 Å². The summed E-state index contributed by atoms with van der Waals surface area (Å²) in [5, 5.41) is 4.63. The standard InChI is InChI=1S/C23H15F2N3O/c24-18-7-8-20(21(25)14-18)22(29)9-6-17-15-28(19-4-2-1-3-5-19)27-23(17)16-10-12-26-13-11-16/h1-15H/b9-6+. The van der Waals surface area contributed by atoms with Gasteiger partial charge in [0.2, 0.25) is 0 Å². The Morgan fingerprint density at radius 3 is 2.45 bits per heavy atom. The van der Waals surface area contributed by atoms with Crippen LogP contribution >= 0.6 is 0 Å². The van der Waals surface area contributed by atoms with E-state index in [1.54, 1.807) is 29.3 Å². The van der Waals surface area contributed by atoms with Crippen LogP contribution in [-0.4, -0.2) is 20.5 Å². The van der Waals surface area contributed by atoms with E-state index in [-0.39, 0.29) is 5.56 Å². The lowest BCUT2D eigenvalue weighted by atomic mass is 10.1. The van der Waals surface area contributed by atoms with Crippen molar-refractivity contribution < 1.29 is 13.6 Å². The first kappa shape index (κ1) is 18.4. The number of allylic oxidation sites excluding steroid dienone is 1. The van der Waals surface area contributed by atoms with Gasteiger partial charge in [0.25, 0.3) is 0 Å². The molecular weight excluding hydrogens is 372 g/mol. The first-order valence-corrected chi connectivity index (χ1v) is 8.85. The Labute approximate surface area is 165 Å². The fraction of sp³-hybridized carbons (Fsp3) is 0. The van der Waals surface area contributed by atoms with Gasteiger partial charge in [0.1, 0.15) is 17.3 Å². The third-order valence-electron chi connectivity index (χ3n) is 4.33. The highest BCUT2D eigenvalue weighted by molar-refractivity contribution is 6.07. The highest BCUT2D eigenvalue weighted by Crippen LogP contribution is 2.24. The summed E-state index contributed by atoms with van der Waals surface area (Å²) in [4.78, 5) is 16.4.